The lowest BCUT2D eigenvalue weighted by Gasteiger charge is -2.33. The Hall–Kier alpha value is -0.870. The summed E-state index contributed by atoms with van der Waals surface area (Å²) in [5.41, 5.74) is 0.936. The zero-order valence-corrected chi connectivity index (χ0v) is 13.9. The molecule has 4 heteroatoms. The van der Waals surface area contributed by atoms with Crippen molar-refractivity contribution in [3.8, 4) is 0 Å². The first-order valence-corrected chi connectivity index (χ1v) is 7.83. The van der Waals surface area contributed by atoms with E-state index in [1.807, 2.05) is 14.0 Å². The third-order valence-electron chi connectivity index (χ3n) is 4.10. The molecule has 0 amide bonds. The molecule has 1 aromatic rings. The fourth-order valence-corrected chi connectivity index (χ4v) is 2.73. The zero-order valence-electron chi connectivity index (χ0n) is 13.9. The highest BCUT2D eigenvalue weighted by atomic mass is 16.5. The zero-order chi connectivity index (χ0) is 15.2. The minimum Gasteiger partial charge on any atom is -0.374 e. The number of hydrogen-bond acceptors (Lipinski definition) is 3. The van der Waals surface area contributed by atoms with Gasteiger partial charge in [0.25, 0.3) is 0 Å². The summed E-state index contributed by atoms with van der Waals surface area (Å²) in [6.45, 7) is 11.5. The van der Waals surface area contributed by atoms with Crippen molar-refractivity contribution in [3.63, 3.8) is 0 Å². The quantitative estimate of drug-likeness (QED) is 0.755. The van der Waals surface area contributed by atoms with Gasteiger partial charge in [-0.05, 0) is 46.7 Å². The van der Waals surface area contributed by atoms with E-state index in [2.05, 4.69) is 50.0 Å². The molecule has 0 aliphatic rings. The average Bonchev–Trinajstić information content (AvgIpc) is 2.85. The van der Waals surface area contributed by atoms with Crippen LogP contribution in [-0.2, 0) is 11.2 Å². The van der Waals surface area contributed by atoms with Gasteiger partial charge in [-0.25, -0.2) is 0 Å². The van der Waals surface area contributed by atoms with Crippen LogP contribution >= 0.6 is 0 Å². The van der Waals surface area contributed by atoms with Crippen molar-refractivity contribution in [2.45, 2.75) is 71.6 Å². The largest absolute Gasteiger partial charge is 0.374 e. The van der Waals surface area contributed by atoms with E-state index in [-0.39, 0.29) is 11.6 Å². The molecule has 1 unspecified atom stereocenters. The lowest BCUT2D eigenvalue weighted by atomic mass is 9.94. The smallest absolute Gasteiger partial charge is 0.0782 e. The van der Waals surface area contributed by atoms with Crippen molar-refractivity contribution < 1.29 is 4.74 Å². The minimum absolute atomic E-state index is 0.192. The van der Waals surface area contributed by atoms with Gasteiger partial charge in [-0.1, -0.05) is 13.8 Å². The number of rotatable bonds is 9. The standard InChI is InChI=1S/C16H31N3O/c1-7-14(8-2)19-11-10-13(18-19)12-15(17-6)16(4,5)20-9-3/h10-11,14-15,17H,7-9,12H2,1-6H3. The Bertz CT molecular complexity index is 383. The molecule has 1 N–H and O–H groups in total. The number of nitrogens with one attached hydrogen (secondary N) is 1. The van der Waals surface area contributed by atoms with Gasteiger partial charge in [-0.3, -0.25) is 4.68 Å². The molecule has 20 heavy (non-hydrogen) atoms. The van der Waals surface area contributed by atoms with Crippen LogP contribution in [0, 0.1) is 0 Å². The molecule has 0 saturated heterocycles. The van der Waals surface area contributed by atoms with Crippen LogP contribution in [0.4, 0.5) is 0 Å². The van der Waals surface area contributed by atoms with Gasteiger partial charge in [0.1, 0.15) is 0 Å². The van der Waals surface area contributed by atoms with Crippen molar-refractivity contribution in [1.82, 2.24) is 15.1 Å². The average molecular weight is 281 g/mol. The summed E-state index contributed by atoms with van der Waals surface area (Å²) < 4.78 is 7.96. The van der Waals surface area contributed by atoms with Gasteiger partial charge in [-0.15, -0.1) is 0 Å². The van der Waals surface area contributed by atoms with Crippen LogP contribution in [0.1, 0.15) is 59.2 Å². The van der Waals surface area contributed by atoms with Crippen LogP contribution in [0.5, 0.6) is 0 Å². The summed E-state index contributed by atoms with van der Waals surface area (Å²) in [6, 6.07) is 2.90. The molecule has 1 atom stereocenters. The van der Waals surface area contributed by atoms with Crippen molar-refractivity contribution >= 4 is 0 Å². The molecule has 0 saturated carbocycles. The maximum Gasteiger partial charge on any atom is 0.0782 e. The second kappa shape index (κ2) is 7.79. The molecule has 0 fully saturated rings. The SMILES string of the molecule is CCOC(C)(C)C(Cc1ccn(C(CC)CC)n1)NC. The Morgan fingerprint density at radius 2 is 1.95 bits per heavy atom. The van der Waals surface area contributed by atoms with E-state index in [1.165, 1.54) is 0 Å². The third kappa shape index (κ3) is 4.32. The molecular weight excluding hydrogens is 250 g/mol. The van der Waals surface area contributed by atoms with Crippen LogP contribution in [0.3, 0.4) is 0 Å². The molecule has 0 bridgehead atoms. The first-order chi connectivity index (χ1) is 9.48. The summed E-state index contributed by atoms with van der Waals surface area (Å²) in [6.07, 6.45) is 5.24. The maximum atomic E-state index is 5.85. The number of likely N-dealkylation sites (N-methyl/N-ethyl adjacent to an activating group) is 1. The van der Waals surface area contributed by atoms with Crippen molar-refractivity contribution in [2.24, 2.45) is 0 Å². The Kier molecular flexibility index (Phi) is 6.69. The van der Waals surface area contributed by atoms with Crippen molar-refractivity contribution in [2.75, 3.05) is 13.7 Å². The molecule has 0 aromatic carbocycles. The molecule has 0 radical (unpaired) electrons. The van der Waals surface area contributed by atoms with E-state index in [0.717, 1.165) is 31.6 Å². The summed E-state index contributed by atoms with van der Waals surface area (Å²) in [4.78, 5) is 0. The van der Waals surface area contributed by atoms with Crippen LogP contribution in [-0.4, -0.2) is 35.1 Å². The Labute approximate surface area is 123 Å². The van der Waals surface area contributed by atoms with Crippen LogP contribution in [0.2, 0.25) is 0 Å². The van der Waals surface area contributed by atoms with Gasteiger partial charge in [0.15, 0.2) is 0 Å². The molecule has 4 nitrogen and oxygen atoms in total. The molecule has 0 aliphatic heterocycles. The van der Waals surface area contributed by atoms with Crippen LogP contribution < -0.4 is 5.32 Å². The van der Waals surface area contributed by atoms with E-state index < -0.39 is 0 Å². The molecule has 116 valence electrons. The molecule has 0 spiro atoms. The first-order valence-electron chi connectivity index (χ1n) is 7.83. The van der Waals surface area contributed by atoms with Gasteiger partial charge in [-0.2, -0.15) is 5.10 Å². The van der Waals surface area contributed by atoms with Gasteiger partial charge >= 0.3 is 0 Å². The lowest BCUT2D eigenvalue weighted by molar-refractivity contribution is -0.0365. The predicted octanol–water partition coefficient (Wildman–Crippen LogP) is 3.19. The highest BCUT2D eigenvalue weighted by Gasteiger charge is 2.29. The molecule has 1 heterocycles. The van der Waals surface area contributed by atoms with Gasteiger partial charge < -0.3 is 10.1 Å². The summed E-state index contributed by atoms with van der Waals surface area (Å²) >= 11 is 0. The maximum absolute atomic E-state index is 5.85. The van der Waals surface area contributed by atoms with E-state index in [9.17, 15) is 0 Å². The number of hydrogen-bond donors (Lipinski definition) is 1. The van der Waals surface area contributed by atoms with Crippen LogP contribution in [0.25, 0.3) is 0 Å². The van der Waals surface area contributed by atoms with E-state index in [1.54, 1.807) is 0 Å². The van der Waals surface area contributed by atoms with E-state index in [4.69, 9.17) is 9.84 Å². The molecule has 0 aliphatic carbocycles. The lowest BCUT2D eigenvalue weighted by Crippen LogP contribution is -2.48. The first kappa shape index (κ1) is 17.2. The van der Waals surface area contributed by atoms with E-state index in [0.29, 0.717) is 6.04 Å². The third-order valence-corrected chi connectivity index (χ3v) is 4.10. The fraction of sp³-hybridized carbons (Fsp3) is 0.812. The topological polar surface area (TPSA) is 39.1 Å². The van der Waals surface area contributed by atoms with Gasteiger partial charge in [0, 0.05) is 25.3 Å². The van der Waals surface area contributed by atoms with Crippen LogP contribution in [0.15, 0.2) is 12.3 Å². The summed E-state index contributed by atoms with van der Waals surface area (Å²) in [5, 5.41) is 8.10. The Morgan fingerprint density at radius 1 is 1.30 bits per heavy atom. The number of ether oxygens (including phenoxy) is 1. The van der Waals surface area contributed by atoms with Gasteiger partial charge in [0.05, 0.1) is 17.3 Å². The minimum atomic E-state index is -0.192. The predicted molar refractivity (Wildman–Crippen MR) is 84.1 cm³/mol. The Morgan fingerprint density at radius 3 is 2.45 bits per heavy atom. The normalized spacial score (nSPS) is 13.9. The van der Waals surface area contributed by atoms with Crippen molar-refractivity contribution in [1.29, 1.82) is 0 Å². The Balaban J connectivity index is 2.76. The van der Waals surface area contributed by atoms with Gasteiger partial charge in [0.2, 0.25) is 0 Å². The number of aromatic nitrogens is 2. The second-order valence-electron chi connectivity index (χ2n) is 5.84. The highest BCUT2D eigenvalue weighted by Crippen LogP contribution is 2.20. The number of nitrogens with zero attached hydrogens (tertiary/aromatic N) is 2. The van der Waals surface area contributed by atoms with E-state index >= 15 is 0 Å². The molecule has 1 aromatic heterocycles. The monoisotopic (exact) mass is 281 g/mol. The van der Waals surface area contributed by atoms with Crippen molar-refractivity contribution in [3.05, 3.63) is 18.0 Å². The fourth-order valence-electron chi connectivity index (χ4n) is 2.73. The summed E-state index contributed by atoms with van der Waals surface area (Å²) in [5.74, 6) is 0. The second-order valence-corrected chi connectivity index (χ2v) is 5.84. The highest BCUT2D eigenvalue weighted by molar-refractivity contribution is 5.05. The molecular formula is C16H31N3O. The summed E-state index contributed by atoms with van der Waals surface area (Å²) in [7, 11) is 1.99. The molecule has 1 rings (SSSR count).